The third-order valence-electron chi connectivity index (χ3n) is 3.70. The summed E-state index contributed by atoms with van der Waals surface area (Å²) in [4.78, 5) is 34.4. The van der Waals surface area contributed by atoms with Crippen molar-refractivity contribution in [2.75, 3.05) is 6.61 Å². The number of rotatable bonds is 8. The number of benzene rings is 1. The number of fused-ring (bicyclic) bond motifs is 1. The van der Waals surface area contributed by atoms with Gasteiger partial charge in [0.05, 0.1) is 16.5 Å². The van der Waals surface area contributed by atoms with E-state index in [9.17, 15) is 14.4 Å². The van der Waals surface area contributed by atoms with Gasteiger partial charge in [0.15, 0.2) is 6.29 Å². The summed E-state index contributed by atoms with van der Waals surface area (Å²) >= 11 is 0. The van der Waals surface area contributed by atoms with E-state index in [2.05, 4.69) is 0 Å². The maximum absolute atomic E-state index is 12.4. The Kier molecular flexibility index (Phi) is 5.16. The first kappa shape index (κ1) is 16.7. The minimum Gasteiger partial charge on any atom is -0.485 e. The Bertz CT molecular complexity index is 762. The number of aryl methyl sites for hydroxylation is 1. The lowest BCUT2D eigenvalue weighted by Crippen LogP contribution is -2.24. The zero-order valence-electron chi connectivity index (χ0n) is 13.3. The fraction of sp³-hybridized carbons (Fsp3) is 0.353. The van der Waals surface area contributed by atoms with Crippen LogP contribution in [-0.4, -0.2) is 29.2 Å². The number of hydrogen-bond donors (Lipinski definition) is 1. The van der Waals surface area contributed by atoms with Gasteiger partial charge < -0.3 is 15.0 Å². The summed E-state index contributed by atoms with van der Waals surface area (Å²) in [6.45, 7) is 4.55. The van der Waals surface area contributed by atoms with Crippen LogP contribution in [-0.2, 0) is 22.6 Å². The zero-order valence-corrected chi connectivity index (χ0v) is 13.3. The van der Waals surface area contributed by atoms with Crippen molar-refractivity contribution >= 4 is 28.9 Å². The standard InChI is InChI=1S/C17H20N2O4/c1-3-8-19-11(4-2)15(16(21)17(18)22)14-12(19)6-5-7-13(14)23-10-9-20/h5-7,9H,3-4,8,10H2,1-2H3,(H2,18,22). The quantitative estimate of drug-likeness (QED) is 0.457. The molecule has 1 amide bonds. The lowest BCUT2D eigenvalue weighted by molar-refractivity contribution is -0.114. The van der Waals surface area contributed by atoms with Gasteiger partial charge in [0.2, 0.25) is 0 Å². The van der Waals surface area contributed by atoms with Crippen molar-refractivity contribution in [1.82, 2.24) is 4.57 Å². The highest BCUT2D eigenvalue weighted by molar-refractivity contribution is 6.45. The van der Waals surface area contributed by atoms with Crippen molar-refractivity contribution in [3.8, 4) is 5.75 Å². The molecule has 0 saturated heterocycles. The minimum atomic E-state index is -1.000. The van der Waals surface area contributed by atoms with Crippen LogP contribution in [0.5, 0.6) is 5.75 Å². The van der Waals surface area contributed by atoms with E-state index in [-0.39, 0.29) is 12.2 Å². The Morgan fingerprint density at radius 3 is 2.61 bits per heavy atom. The van der Waals surface area contributed by atoms with Crippen LogP contribution in [0.4, 0.5) is 0 Å². The lowest BCUT2D eigenvalue weighted by Gasteiger charge is -2.08. The summed E-state index contributed by atoms with van der Waals surface area (Å²) in [5.41, 5.74) is 7.06. The van der Waals surface area contributed by atoms with E-state index >= 15 is 0 Å². The van der Waals surface area contributed by atoms with Crippen molar-refractivity contribution in [2.24, 2.45) is 5.73 Å². The maximum atomic E-state index is 12.4. The number of nitrogens with zero attached hydrogens (tertiary/aromatic N) is 1. The Labute approximate surface area is 134 Å². The van der Waals surface area contributed by atoms with Gasteiger partial charge in [0, 0.05) is 12.2 Å². The van der Waals surface area contributed by atoms with Crippen LogP contribution in [0.15, 0.2) is 18.2 Å². The molecular weight excluding hydrogens is 296 g/mol. The van der Waals surface area contributed by atoms with Crippen molar-refractivity contribution in [3.05, 3.63) is 29.5 Å². The smallest absolute Gasteiger partial charge is 0.289 e. The predicted molar refractivity (Wildman–Crippen MR) is 86.7 cm³/mol. The first-order chi connectivity index (χ1) is 11.1. The van der Waals surface area contributed by atoms with Crippen molar-refractivity contribution < 1.29 is 19.1 Å². The highest BCUT2D eigenvalue weighted by atomic mass is 16.5. The van der Waals surface area contributed by atoms with E-state index in [1.807, 2.05) is 24.5 Å². The highest BCUT2D eigenvalue weighted by Crippen LogP contribution is 2.34. The van der Waals surface area contributed by atoms with Crippen LogP contribution in [0, 0.1) is 0 Å². The fourth-order valence-electron chi connectivity index (χ4n) is 2.88. The number of amides is 1. The second-order valence-corrected chi connectivity index (χ2v) is 5.15. The van der Waals surface area contributed by atoms with Gasteiger partial charge in [-0.1, -0.05) is 19.9 Å². The molecule has 1 aromatic heterocycles. The van der Waals surface area contributed by atoms with Gasteiger partial charge in [-0.15, -0.1) is 0 Å². The molecule has 0 saturated carbocycles. The third kappa shape index (κ3) is 2.97. The number of nitrogens with two attached hydrogens (primary N) is 1. The summed E-state index contributed by atoms with van der Waals surface area (Å²) in [6, 6.07) is 5.35. The Morgan fingerprint density at radius 2 is 2.04 bits per heavy atom. The second-order valence-electron chi connectivity index (χ2n) is 5.15. The lowest BCUT2D eigenvalue weighted by atomic mass is 10.0. The normalized spacial score (nSPS) is 10.7. The van der Waals surface area contributed by atoms with E-state index in [1.54, 1.807) is 12.1 Å². The Balaban J connectivity index is 2.84. The van der Waals surface area contributed by atoms with E-state index < -0.39 is 11.7 Å². The highest BCUT2D eigenvalue weighted by Gasteiger charge is 2.26. The second kappa shape index (κ2) is 7.09. The summed E-state index contributed by atoms with van der Waals surface area (Å²) in [6.07, 6.45) is 2.09. The topological polar surface area (TPSA) is 91.4 Å². The number of carbonyl (C=O) groups excluding carboxylic acids is 3. The molecule has 2 aromatic rings. The van der Waals surface area contributed by atoms with Crippen LogP contribution in [0.1, 0.15) is 36.3 Å². The summed E-state index contributed by atoms with van der Waals surface area (Å²) in [5, 5.41) is 0.545. The fourth-order valence-corrected chi connectivity index (χ4v) is 2.88. The number of ether oxygens (including phenoxy) is 1. The number of Topliss-reactive ketones (excluding diaryl/α,β-unsaturated/α-hetero) is 1. The van der Waals surface area contributed by atoms with E-state index in [1.165, 1.54) is 0 Å². The average Bonchev–Trinajstić information content (AvgIpc) is 2.86. The van der Waals surface area contributed by atoms with E-state index in [4.69, 9.17) is 10.5 Å². The molecule has 0 atom stereocenters. The maximum Gasteiger partial charge on any atom is 0.289 e. The minimum absolute atomic E-state index is 0.121. The van der Waals surface area contributed by atoms with Crippen molar-refractivity contribution in [2.45, 2.75) is 33.2 Å². The molecule has 0 spiro atoms. The van der Waals surface area contributed by atoms with Crippen molar-refractivity contribution in [3.63, 3.8) is 0 Å². The van der Waals surface area contributed by atoms with Gasteiger partial charge in [-0.2, -0.15) is 0 Å². The molecule has 122 valence electrons. The van der Waals surface area contributed by atoms with Gasteiger partial charge in [0.25, 0.3) is 11.7 Å². The number of ketones is 1. The van der Waals surface area contributed by atoms with E-state index in [0.29, 0.717) is 30.4 Å². The molecule has 6 heteroatoms. The van der Waals surface area contributed by atoms with Gasteiger partial charge in [-0.25, -0.2) is 0 Å². The molecule has 2 N–H and O–H groups in total. The molecule has 1 aromatic carbocycles. The predicted octanol–water partition coefficient (Wildman–Crippen LogP) is 1.86. The molecule has 23 heavy (non-hydrogen) atoms. The first-order valence-corrected chi connectivity index (χ1v) is 7.61. The Hall–Kier alpha value is -2.63. The monoisotopic (exact) mass is 316 g/mol. The molecule has 1 heterocycles. The Morgan fingerprint density at radius 1 is 1.30 bits per heavy atom. The number of primary amides is 1. The third-order valence-corrected chi connectivity index (χ3v) is 3.70. The molecule has 0 aliphatic carbocycles. The van der Waals surface area contributed by atoms with Gasteiger partial charge in [-0.3, -0.25) is 14.4 Å². The molecule has 0 aliphatic heterocycles. The largest absolute Gasteiger partial charge is 0.485 e. The molecule has 0 bridgehead atoms. The van der Waals surface area contributed by atoms with Crippen LogP contribution in [0.25, 0.3) is 10.9 Å². The molecular formula is C17H20N2O4. The molecule has 2 rings (SSSR count). The molecule has 0 aliphatic rings. The number of aldehydes is 1. The first-order valence-electron chi connectivity index (χ1n) is 7.61. The SMILES string of the molecule is CCCn1c(CC)c(C(=O)C(N)=O)c2c(OCC=O)cccc21. The van der Waals surface area contributed by atoms with Crippen LogP contribution in [0.2, 0.25) is 0 Å². The van der Waals surface area contributed by atoms with Gasteiger partial charge in [-0.05, 0) is 25.0 Å². The molecule has 0 radical (unpaired) electrons. The van der Waals surface area contributed by atoms with E-state index in [0.717, 1.165) is 17.6 Å². The summed E-state index contributed by atoms with van der Waals surface area (Å²) in [5.74, 6) is -1.33. The molecule has 6 nitrogen and oxygen atoms in total. The summed E-state index contributed by atoms with van der Waals surface area (Å²) < 4.78 is 7.46. The van der Waals surface area contributed by atoms with Crippen LogP contribution in [0.3, 0.4) is 0 Å². The zero-order chi connectivity index (χ0) is 17.0. The number of aromatic nitrogens is 1. The van der Waals surface area contributed by atoms with Crippen LogP contribution < -0.4 is 10.5 Å². The van der Waals surface area contributed by atoms with Crippen molar-refractivity contribution in [1.29, 1.82) is 0 Å². The number of carbonyl (C=O) groups is 3. The molecule has 0 unspecified atom stereocenters. The molecule has 0 fully saturated rings. The number of hydrogen-bond acceptors (Lipinski definition) is 4. The van der Waals surface area contributed by atoms with Gasteiger partial charge >= 0.3 is 0 Å². The van der Waals surface area contributed by atoms with Crippen LogP contribution >= 0.6 is 0 Å². The van der Waals surface area contributed by atoms with Gasteiger partial charge in [0.1, 0.15) is 12.4 Å². The summed E-state index contributed by atoms with van der Waals surface area (Å²) in [7, 11) is 0. The average molecular weight is 316 g/mol.